The maximum absolute atomic E-state index is 13.3. The third kappa shape index (κ3) is 4.47. The average molecular weight is 456 g/mol. The molecule has 31 heavy (non-hydrogen) atoms. The first-order chi connectivity index (χ1) is 14.9. The number of thiophene rings is 1. The summed E-state index contributed by atoms with van der Waals surface area (Å²) in [5.74, 6) is -1.13. The van der Waals surface area contributed by atoms with Gasteiger partial charge in [-0.1, -0.05) is 23.9 Å². The molecule has 0 saturated heterocycles. The molecule has 11 heteroatoms. The van der Waals surface area contributed by atoms with Gasteiger partial charge in [-0.15, -0.1) is 11.3 Å². The molecule has 0 atom stereocenters. The molecule has 4 aromatic rings. The second-order valence-electron chi connectivity index (χ2n) is 6.31. The summed E-state index contributed by atoms with van der Waals surface area (Å²) in [6.07, 6.45) is 1.40. The highest BCUT2D eigenvalue weighted by atomic mass is 32.2. The van der Waals surface area contributed by atoms with E-state index in [1.54, 1.807) is 12.1 Å². The number of non-ortho nitro benzene ring substituents is 1. The first-order valence-electron chi connectivity index (χ1n) is 8.80. The molecule has 0 radical (unpaired) electrons. The van der Waals surface area contributed by atoms with Crippen LogP contribution in [0, 0.1) is 15.9 Å². The van der Waals surface area contributed by atoms with E-state index in [1.807, 2.05) is 5.38 Å². The smallest absolute Gasteiger partial charge is 0.271 e. The molecule has 8 nitrogen and oxygen atoms in total. The molecule has 0 aliphatic heterocycles. The highest BCUT2D eigenvalue weighted by molar-refractivity contribution is 8.00. The van der Waals surface area contributed by atoms with Crippen LogP contribution in [0.1, 0.15) is 0 Å². The summed E-state index contributed by atoms with van der Waals surface area (Å²) < 4.78 is 13.3. The number of hydrogen-bond donors (Lipinski definition) is 2. The number of thioether (sulfide) groups is 1. The Kier molecular flexibility index (Phi) is 5.78. The number of carbonyl (C=O) groups excluding carboxylic acids is 1. The number of halogens is 1. The maximum Gasteiger partial charge on any atom is 0.271 e. The zero-order valence-corrected chi connectivity index (χ0v) is 17.2. The second kappa shape index (κ2) is 8.66. The zero-order valence-electron chi connectivity index (χ0n) is 15.6. The third-order valence-electron chi connectivity index (χ3n) is 4.30. The number of hydrogen-bond acceptors (Lipinski definition) is 8. The summed E-state index contributed by atoms with van der Waals surface area (Å²) in [4.78, 5) is 31.9. The lowest BCUT2D eigenvalue weighted by atomic mass is 10.1. The van der Waals surface area contributed by atoms with E-state index >= 15 is 0 Å². The van der Waals surface area contributed by atoms with Crippen LogP contribution in [-0.4, -0.2) is 31.7 Å². The molecule has 0 bridgehead atoms. The van der Waals surface area contributed by atoms with Crippen LogP contribution in [0.3, 0.4) is 0 Å². The Balaban J connectivity index is 1.55. The van der Waals surface area contributed by atoms with Gasteiger partial charge >= 0.3 is 0 Å². The number of carbonyl (C=O) groups is 1. The first-order valence-corrected chi connectivity index (χ1v) is 10.7. The van der Waals surface area contributed by atoms with E-state index in [0.29, 0.717) is 5.03 Å². The van der Waals surface area contributed by atoms with Crippen LogP contribution in [0.15, 0.2) is 59.2 Å². The van der Waals surface area contributed by atoms with Gasteiger partial charge < -0.3 is 10.4 Å². The van der Waals surface area contributed by atoms with E-state index in [4.69, 9.17) is 0 Å². The van der Waals surface area contributed by atoms with E-state index < -0.39 is 10.8 Å². The summed E-state index contributed by atoms with van der Waals surface area (Å²) in [5.41, 5.74) is 1.34. The van der Waals surface area contributed by atoms with Crippen molar-refractivity contribution in [2.45, 2.75) is 5.03 Å². The SMILES string of the molecule is O=C(CSc1ncnc2scc(-c3ccc(F)cc3)c12)Nc1cc([N+](=O)[O-])ccc1O. The van der Waals surface area contributed by atoms with Crippen molar-refractivity contribution in [3.8, 4) is 16.9 Å². The van der Waals surface area contributed by atoms with Crippen LogP contribution in [0.25, 0.3) is 21.3 Å². The van der Waals surface area contributed by atoms with E-state index in [1.165, 1.54) is 29.8 Å². The third-order valence-corrected chi connectivity index (χ3v) is 6.17. The predicted molar refractivity (Wildman–Crippen MR) is 117 cm³/mol. The van der Waals surface area contributed by atoms with Crippen LogP contribution in [-0.2, 0) is 4.79 Å². The fourth-order valence-electron chi connectivity index (χ4n) is 2.86. The molecule has 2 aromatic carbocycles. The standard InChI is InChI=1S/C20H13FN4O4S2/c21-12-3-1-11(2-4-12)14-8-30-19-18(14)20(23-10-22-19)31-9-17(27)24-15-7-13(25(28)29)5-6-16(15)26/h1-8,10,26H,9H2,(H,24,27). The molecule has 2 N–H and O–H groups in total. The molecule has 0 aliphatic rings. The minimum absolute atomic E-state index is 0.0461. The Morgan fingerprint density at radius 1 is 1.23 bits per heavy atom. The lowest BCUT2D eigenvalue weighted by Crippen LogP contribution is -2.14. The highest BCUT2D eigenvalue weighted by Gasteiger charge is 2.16. The van der Waals surface area contributed by atoms with Gasteiger partial charge in [0.2, 0.25) is 5.91 Å². The Morgan fingerprint density at radius 3 is 2.74 bits per heavy atom. The van der Waals surface area contributed by atoms with Crippen molar-refractivity contribution < 1.29 is 19.2 Å². The molecule has 0 spiro atoms. The molecule has 4 rings (SSSR count). The van der Waals surface area contributed by atoms with Crippen LogP contribution in [0.2, 0.25) is 0 Å². The van der Waals surface area contributed by atoms with Gasteiger partial charge in [0.25, 0.3) is 5.69 Å². The van der Waals surface area contributed by atoms with E-state index in [2.05, 4.69) is 15.3 Å². The van der Waals surface area contributed by atoms with Crippen LogP contribution in [0.5, 0.6) is 5.75 Å². The number of nitrogens with zero attached hydrogens (tertiary/aromatic N) is 3. The fourth-order valence-corrected chi connectivity index (χ4v) is 4.65. The topological polar surface area (TPSA) is 118 Å². The number of aromatic nitrogens is 2. The normalized spacial score (nSPS) is 10.9. The van der Waals surface area contributed by atoms with Gasteiger partial charge in [-0.2, -0.15) is 0 Å². The number of nitro groups is 1. The van der Waals surface area contributed by atoms with Crippen molar-refractivity contribution in [2.24, 2.45) is 0 Å². The van der Waals surface area contributed by atoms with E-state index in [-0.39, 0.29) is 28.7 Å². The Hall–Kier alpha value is -3.57. The number of fused-ring (bicyclic) bond motifs is 1. The van der Waals surface area contributed by atoms with Gasteiger partial charge in [0, 0.05) is 23.1 Å². The summed E-state index contributed by atoms with van der Waals surface area (Å²) in [6.45, 7) is 0. The molecular weight excluding hydrogens is 443 g/mol. The lowest BCUT2D eigenvalue weighted by Gasteiger charge is -2.08. The van der Waals surface area contributed by atoms with Gasteiger partial charge in [-0.3, -0.25) is 14.9 Å². The van der Waals surface area contributed by atoms with Crippen molar-refractivity contribution in [3.05, 3.63) is 70.1 Å². The number of benzene rings is 2. The second-order valence-corrected chi connectivity index (χ2v) is 8.13. The maximum atomic E-state index is 13.3. The minimum atomic E-state index is -0.616. The van der Waals surface area contributed by atoms with E-state index in [0.717, 1.165) is 51.3 Å². The Labute approximate surface area is 182 Å². The van der Waals surface area contributed by atoms with Gasteiger partial charge in [0.05, 0.1) is 21.7 Å². The Bertz CT molecular complexity index is 1290. The van der Waals surface area contributed by atoms with Crippen molar-refractivity contribution in [1.82, 2.24) is 9.97 Å². The van der Waals surface area contributed by atoms with Crippen LogP contribution < -0.4 is 5.32 Å². The molecular formula is C20H13FN4O4S2. The number of phenolic OH excluding ortho intramolecular Hbond substituents is 1. The Morgan fingerprint density at radius 2 is 2.00 bits per heavy atom. The average Bonchev–Trinajstić information content (AvgIpc) is 3.19. The number of phenols is 1. The summed E-state index contributed by atoms with van der Waals surface area (Å²) in [6, 6.07) is 9.45. The number of nitro benzene ring substituents is 1. The number of aromatic hydroxyl groups is 1. The molecule has 0 saturated carbocycles. The fraction of sp³-hybridized carbons (Fsp3) is 0.0500. The van der Waals surface area contributed by atoms with Gasteiger partial charge in [-0.25, -0.2) is 14.4 Å². The molecule has 0 unspecified atom stereocenters. The molecule has 2 aromatic heterocycles. The molecule has 0 aliphatic carbocycles. The summed E-state index contributed by atoms with van der Waals surface area (Å²) >= 11 is 2.58. The van der Waals surface area contributed by atoms with Gasteiger partial charge in [0.15, 0.2) is 0 Å². The van der Waals surface area contributed by atoms with Crippen molar-refractivity contribution in [2.75, 3.05) is 11.1 Å². The molecule has 2 heterocycles. The van der Waals surface area contributed by atoms with Gasteiger partial charge in [-0.05, 0) is 23.8 Å². The van der Waals surface area contributed by atoms with Crippen molar-refractivity contribution in [1.29, 1.82) is 0 Å². The molecule has 156 valence electrons. The highest BCUT2D eigenvalue weighted by Crippen LogP contribution is 2.38. The largest absolute Gasteiger partial charge is 0.506 e. The number of amides is 1. The van der Waals surface area contributed by atoms with Crippen molar-refractivity contribution in [3.63, 3.8) is 0 Å². The number of rotatable bonds is 6. The zero-order chi connectivity index (χ0) is 22.0. The molecule has 0 fully saturated rings. The lowest BCUT2D eigenvalue weighted by molar-refractivity contribution is -0.384. The predicted octanol–water partition coefficient (Wildman–Crippen LogP) is 4.84. The van der Waals surface area contributed by atoms with Crippen molar-refractivity contribution >= 4 is 50.6 Å². The minimum Gasteiger partial charge on any atom is -0.506 e. The van der Waals surface area contributed by atoms with E-state index in [9.17, 15) is 24.4 Å². The van der Waals surface area contributed by atoms with Crippen LogP contribution >= 0.6 is 23.1 Å². The number of anilines is 1. The van der Waals surface area contributed by atoms with Crippen LogP contribution in [0.4, 0.5) is 15.8 Å². The summed E-state index contributed by atoms with van der Waals surface area (Å²) in [7, 11) is 0. The summed E-state index contributed by atoms with van der Waals surface area (Å²) in [5, 5.41) is 26.5. The monoisotopic (exact) mass is 456 g/mol. The van der Waals surface area contributed by atoms with Gasteiger partial charge in [0.1, 0.15) is 27.8 Å². The molecule has 1 amide bonds. The first kappa shape index (κ1) is 20.7. The number of nitrogens with one attached hydrogen (secondary N) is 1. The quantitative estimate of drug-likeness (QED) is 0.140.